The van der Waals surface area contributed by atoms with Crippen molar-refractivity contribution in [2.24, 2.45) is 0 Å². The number of aromatic nitrogens is 1. The average Bonchev–Trinajstić information content (AvgIpc) is 2.68. The predicted molar refractivity (Wildman–Crippen MR) is 79.0 cm³/mol. The van der Waals surface area contributed by atoms with Crippen LogP contribution in [0.3, 0.4) is 0 Å². The molecule has 18 heavy (non-hydrogen) atoms. The number of nitrogens with zero attached hydrogens (tertiary/aromatic N) is 1. The zero-order valence-corrected chi connectivity index (χ0v) is 12.2. The van der Waals surface area contributed by atoms with Gasteiger partial charge in [-0.3, -0.25) is 0 Å². The lowest BCUT2D eigenvalue weighted by Gasteiger charge is -2.06. The summed E-state index contributed by atoms with van der Waals surface area (Å²) in [4.78, 5) is 11.1. The van der Waals surface area contributed by atoms with Gasteiger partial charge < -0.3 is 9.67 Å². The second kappa shape index (κ2) is 5.56. The number of carbonyl (C=O) groups is 1. The third kappa shape index (κ3) is 3.13. The van der Waals surface area contributed by atoms with Crippen LogP contribution in [0, 0.1) is 10.5 Å². The van der Waals surface area contributed by atoms with Crippen LogP contribution >= 0.6 is 22.6 Å². The van der Waals surface area contributed by atoms with E-state index >= 15 is 0 Å². The van der Waals surface area contributed by atoms with E-state index in [-0.39, 0.29) is 0 Å². The highest BCUT2D eigenvalue weighted by Gasteiger charge is 2.11. The largest absolute Gasteiger partial charge is 0.477 e. The highest BCUT2D eigenvalue weighted by atomic mass is 127. The Bertz CT molecular complexity index is 575. The molecule has 0 fully saturated rings. The molecule has 1 aromatic heterocycles. The first-order valence-electron chi connectivity index (χ1n) is 5.71. The fraction of sp³-hybridized carbons (Fsp3) is 0.214. The SMILES string of the molecule is Cc1cccc(CCn2cc(I)cc2C(=O)O)c1. The van der Waals surface area contributed by atoms with E-state index in [1.807, 2.05) is 12.3 Å². The van der Waals surface area contributed by atoms with Crippen molar-refractivity contribution in [2.75, 3.05) is 0 Å². The van der Waals surface area contributed by atoms with Crippen LogP contribution in [0.2, 0.25) is 0 Å². The molecular weight excluding hydrogens is 341 g/mol. The van der Waals surface area contributed by atoms with Crippen molar-refractivity contribution in [3.05, 3.63) is 56.9 Å². The predicted octanol–water partition coefficient (Wildman–Crippen LogP) is 3.34. The average molecular weight is 355 g/mol. The molecule has 94 valence electrons. The van der Waals surface area contributed by atoms with Crippen LogP contribution in [0.4, 0.5) is 0 Å². The fourth-order valence-electron chi connectivity index (χ4n) is 1.96. The highest BCUT2D eigenvalue weighted by molar-refractivity contribution is 14.1. The van der Waals surface area contributed by atoms with E-state index in [2.05, 4.69) is 47.7 Å². The molecule has 0 atom stereocenters. The third-order valence-electron chi connectivity index (χ3n) is 2.81. The lowest BCUT2D eigenvalue weighted by molar-refractivity contribution is 0.0685. The van der Waals surface area contributed by atoms with Crippen molar-refractivity contribution in [3.63, 3.8) is 0 Å². The maximum absolute atomic E-state index is 11.1. The number of carboxylic acid groups (broad SMARTS) is 1. The zero-order chi connectivity index (χ0) is 13.1. The summed E-state index contributed by atoms with van der Waals surface area (Å²) < 4.78 is 2.75. The van der Waals surface area contributed by atoms with Gasteiger partial charge in [-0.05, 0) is 47.6 Å². The Kier molecular flexibility index (Phi) is 4.06. The van der Waals surface area contributed by atoms with E-state index in [1.165, 1.54) is 11.1 Å². The molecule has 3 nitrogen and oxygen atoms in total. The van der Waals surface area contributed by atoms with Gasteiger partial charge >= 0.3 is 5.97 Å². The molecule has 0 bridgehead atoms. The van der Waals surface area contributed by atoms with Crippen LogP contribution in [0.25, 0.3) is 0 Å². The van der Waals surface area contributed by atoms with Crippen molar-refractivity contribution in [3.8, 4) is 0 Å². The van der Waals surface area contributed by atoms with Gasteiger partial charge in [0.25, 0.3) is 0 Å². The number of hydrogen-bond donors (Lipinski definition) is 1. The van der Waals surface area contributed by atoms with Crippen molar-refractivity contribution < 1.29 is 9.90 Å². The minimum Gasteiger partial charge on any atom is -0.477 e. The van der Waals surface area contributed by atoms with Crippen LogP contribution < -0.4 is 0 Å². The molecule has 0 spiro atoms. The molecule has 0 radical (unpaired) electrons. The van der Waals surface area contributed by atoms with Gasteiger partial charge in [0.15, 0.2) is 0 Å². The number of benzene rings is 1. The first kappa shape index (κ1) is 13.1. The highest BCUT2D eigenvalue weighted by Crippen LogP contribution is 2.13. The molecule has 0 unspecified atom stereocenters. The maximum Gasteiger partial charge on any atom is 0.352 e. The van der Waals surface area contributed by atoms with Gasteiger partial charge in [0.1, 0.15) is 5.69 Å². The van der Waals surface area contributed by atoms with Gasteiger partial charge in [-0.15, -0.1) is 0 Å². The molecule has 1 heterocycles. The van der Waals surface area contributed by atoms with Crippen LogP contribution in [0.5, 0.6) is 0 Å². The Labute approximate surface area is 120 Å². The van der Waals surface area contributed by atoms with Crippen molar-refractivity contribution in [1.29, 1.82) is 0 Å². The molecule has 1 aromatic carbocycles. The number of aryl methyl sites for hydroxylation is 3. The normalized spacial score (nSPS) is 10.6. The van der Waals surface area contributed by atoms with Crippen LogP contribution in [0.15, 0.2) is 36.5 Å². The molecule has 4 heteroatoms. The van der Waals surface area contributed by atoms with E-state index in [0.717, 1.165) is 9.99 Å². The van der Waals surface area contributed by atoms with E-state index < -0.39 is 5.97 Å². The van der Waals surface area contributed by atoms with Gasteiger partial charge in [-0.1, -0.05) is 29.8 Å². The Morgan fingerprint density at radius 1 is 1.39 bits per heavy atom. The van der Waals surface area contributed by atoms with E-state index in [0.29, 0.717) is 12.2 Å². The zero-order valence-electron chi connectivity index (χ0n) is 10.1. The number of carboxylic acids is 1. The Morgan fingerprint density at radius 2 is 2.17 bits per heavy atom. The molecule has 0 aliphatic carbocycles. The standard InChI is InChI=1S/C14H14INO2/c1-10-3-2-4-11(7-10)5-6-16-9-12(15)8-13(16)14(17)18/h2-4,7-9H,5-6H2,1H3,(H,17,18). The van der Waals surface area contributed by atoms with Gasteiger partial charge in [-0.2, -0.15) is 0 Å². The minimum absolute atomic E-state index is 0.354. The molecule has 2 aromatic rings. The smallest absolute Gasteiger partial charge is 0.352 e. The second-order valence-electron chi connectivity index (χ2n) is 4.28. The quantitative estimate of drug-likeness (QED) is 0.855. The summed E-state index contributed by atoms with van der Waals surface area (Å²) in [6.07, 6.45) is 2.71. The lowest BCUT2D eigenvalue weighted by atomic mass is 10.1. The first-order valence-corrected chi connectivity index (χ1v) is 6.78. The molecule has 0 saturated heterocycles. The van der Waals surface area contributed by atoms with Crippen molar-refractivity contribution >= 4 is 28.6 Å². The minimum atomic E-state index is -0.873. The fourth-order valence-corrected chi connectivity index (χ4v) is 2.59. The van der Waals surface area contributed by atoms with E-state index in [9.17, 15) is 4.79 Å². The van der Waals surface area contributed by atoms with Gasteiger partial charge in [-0.25, -0.2) is 4.79 Å². The Hall–Kier alpha value is -1.30. The van der Waals surface area contributed by atoms with Crippen molar-refractivity contribution in [2.45, 2.75) is 19.9 Å². The molecule has 0 saturated carbocycles. The summed E-state index contributed by atoms with van der Waals surface area (Å²) in [5.74, 6) is -0.873. The Balaban J connectivity index is 2.13. The molecular formula is C14H14INO2. The summed E-state index contributed by atoms with van der Waals surface area (Å²) in [6, 6.07) is 9.99. The molecule has 0 aliphatic rings. The van der Waals surface area contributed by atoms with Gasteiger partial charge in [0.2, 0.25) is 0 Å². The van der Waals surface area contributed by atoms with Crippen molar-refractivity contribution in [1.82, 2.24) is 4.57 Å². The summed E-state index contributed by atoms with van der Waals surface area (Å²) in [5.41, 5.74) is 2.81. The van der Waals surface area contributed by atoms with Gasteiger partial charge in [0, 0.05) is 16.3 Å². The third-order valence-corrected chi connectivity index (χ3v) is 3.40. The topological polar surface area (TPSA) is 42.2 Å². The number of aromatic carboxylic acids is 1. The van der Waals surface area contributed by atoms with Gasteiger partial charge in [0.05, 0.1) is 0 Å². The number of halogens is 1. The van der Waals surface area contributed by atoms with Crippen LogP contribution in [-0.2, 0) is 13.0 Å². The first-order chi connectivity index (χ1) is 8.56. The van der Waals surface area contributed by atoms with E-state index in [4.69, 9.17) is 5.11 Å². The maximum atomic E-state index is 11.1. The summed E-state index contributed by atoms with van der Waals surface area (Å²) in [5, 5.41) is 9.10. The second-order valence-corrected chi connectivity index (χ2v) is 5.53. The molecule has 2 rings (SSSR count). The molecule has 0 amide bonds. The summed E-state index contributed by atoms with van der Waals surface area (Å²) >= 11 is 2.14. The Morgan fingerprint density at radius 3 is 2.83 bits per heavy atom. The van der Waals surface area contributed by atoms with E-state index in [1.54, 1.807) is 10.6 Å². The number of rotatable bonds is 4. The number of hydrogen-bond acceptors (Lipinski definition) is 1. The van der Waals surface area contributed by atoms with Crippen LogP contribution in [-0.4, -0.2) is 15.6 Å². The summed E-state index contributed by atoms with van der Waals surface area (Å²) in [6.45, 7) is 2.75. The molecule has 1 N–H and O–H groups in total. The van der Waals surface area contributed by atoms with Crippen LogP contribution in [0.1, 0.15) is 21.6 Å². The lowest BCUT2D eigenvalue weighted by Crippen LogP contribution is -2.09. The monoisotopic (exact) mass is 355 g/mol. The molecule has 0 aliphatic heterocycles. The summed E-state index contributed by atoms with van der Waals surface area (Å²) in [7, 11) is 0.